The first-order chi connectivity index (χ1) is 7.75. The van der Waals surface area contributed by atoms with Crippen LogP contribution in [0, 0.1) is 0 Å². The third-order valence-electron chi connectivity index (χ3n) is 2.83. The molecule has 0 spiro atoms. The summed E-state index contributed by atoms with van der Waals surface area (Å²) in [5.74, 6) is 0.477. The molecule has 0 saturated carbocycles. The maximum Gasteiger partial charge on any atom is 0.123 e. The lowest BCUT2D eigenvalue weighted by Gasteiger charge is -2.05. The van der Waals surface area contributed by atoms with E-state index < -0.39 is 0 Å². The second-order valence-corrected chi connectivity index (χ2v) is 3.85. The van der Waals surface area contributed by atoms with Crippen molar-refractivity contribution in [2.45, 2.75) is 0 Å². The van der Waals surface area contributed by atoms with Crippen molar-refractivity contribution in [1.29, 1.82) is 0 Å². The van der Waals surface area contributed by atoms with E-state index in [9.17, 15) is 10.2 Å². The van der Waals surface area contributed by atoms with Gasteiger partial charge in [-0.15, -0.1) is 0 Å². The molecule has 2 heteroatoms. The zero-order valence-corrected chi connectivity index (χ0v) is 8.51. The second kappa shape index (κ2) is 3.14. The Labute approximate surface area is 92.4 Å². The molecule has 0 unspecified atom stereocenters. The van der Waals surface area contributed by atoms with Crippen LogP contribution in [0.15, 0.2) is 48.5 Å². The van der Waals surface area contributed by atoms with Gasteiger partial charge in [0.05, 0.1) is 0 Å². The molecule has 78 valence electrons. The lowest BCUT2D eigenvalue weighted by Crippen LogP contribution is -1.77. The Bertz CT molecular complexity index is 630. The summed E-state index contributed by atoms with van der Waals surface area (Å²) in [6.07, 6.45) is 0. The van der Waals surface area contributed by atoms with Gasteiger partial charge >= 0.3 is 0 Å². The number of hydrogen-bond acceptors (Lipinski definition) is 2. The van der Waals surface area contributed by atoms with Gasteiger partial charge in [-0.2, -0.15) is 0 Å². The molecule has 3 rings (SSSR count). The van der Waals surface area contributed by atoms with Crippen LogP contribution in [0.4, 0.5) is 0 Å². The summed E-state index contributed by atoms with van der Waals surface area (Å²) in [4.78, 5) is 0. The van der Waals surface area contributed by atoms with Crippen LogP contribution in [-0.2, 0) is 0 Å². The first-order valence-electron chi connectivity index (χ1n) is 5.09. The van der Waals surface area contributed by atoms with Crippen LogP contribution in [-0.4, -0.2) is 10.2 Å². The van der Waals surface area contributed by atoms with Crippen LogP contribution in [0.3, 0.4) is 0 Å². The van der Waals surface area contributed by atoms with Gasteiger partial charge in [0.15, 0.2) is 0 Å². The highest BCUT2D eigenvalue weighted by Crippen LogP contribution is 2.32. The van der Waals surface area contributed by atoms with Gasteiger partial charge in [-0.3, -0.25) is 0 Å². The average molecular weight is 210 g/mol. The topological polar surface area (TPSA) is 40.5 Å². The van der Waals surface area contributed by atoms with Gasteiger partial charge in [-0.25, -0.2) is 0 Å². The molecule has 3 aromatic rings. The van der Waals surface area contributed by atoms with Gasteiger partial charge in [0.1, 0.15) is 11.5 Å². The Morgan fingerprint density at radius 2 is 1.12 bits per heavy atom. The second-order valence-electron chi connectivity index (χ2n) is 3.85. The predicted octanol–water partition coefficient (Wildman–Crippen LogP) is 3.40. The number of phenolic OH excluding ortho intramolecular Hbond substituents is 2. The van der Waals surface area contributed by atoms with Crippen LogP contribution in [0.5, 0.6) is 11.5 Å². The number of aromatic hydroxyl groups is 2. The van der Waals surface area contributed by atoms with E-state index in [1.165, 1.54) is 0 Å². The molecule has 0 saturated heterocycles. The number of fused-ring (bicyclic) bond motifs is 2. The van der Waals surface area contributed by atoms with Crippen LogP contribution in [0.1, 0.15) is 0 Å². The molecule has 3 aromatic carbocycles. The van der Waals surface area contributed by atoms with Crippen molar-refractivity contribution in [1.82, 2.24) is 0 Å². The van der Waals surface area contributed by atoms with Gasteiger partial charge in [0.2, 0.25) is 0 Å². The van der Waals surface area contributed by atoms with Crippen molar-refractivity contribution in [3.8, 4) is 11.5 Å². The third-order valence-corrected chi connectivity index (χ3v) is 2.83. The van der Waals surface area contributed by atoms with E-state index in [2.05, 4.69) is 0 Å². The van der Waals surface area contributed by atoms with E-state index in [0.717, 1.165) is 21.5 Å². The smallest absolute Gasteiger partial charge is 0.123 e. The van der Waals surface area contributed by atoms with Crippen molar-refractivity contribution in [2.24, 2.45) is 0 Å². The summed E-state index contributed by atoms with van der Waals surface area (Å²) in [7, 11) is 0. The van der Waals surface area contributed by atoms with Crippen molar-refractivity contribution in [3.05, 3.63) is 48.5 Å². The zero-order chi connectivity index (χ0) is 11.1. The predicted molar refractivity (Wildman–Crippen MR) is 64.8 cm³/mol. The molecule has 0 bridgehead atoms. The molecule has 16 heavy (non-hydrogen) atoms. The van der Waals surface area contributed by atoms with E-state index in [0.29, 0.717) is 0 Å². The molecule has 0 aliphatic rings. The molecular weight excluding hydrogens is 200 g/mol. The quantitative estimate of drug-likeness (QED) is 0.558. The summed E-state index contributed by atoms with van der Waals surface area (Å²) in [6.45, 7) is 0. The minimum Gasteiger partial charge on any atom is -0.507 e. The summed E-state index contributed by atoms with van der Waals surface area (Å²) < 4.78 is 0. The van der Waals surface area contributed by atoms with Crippen LogP contribution in [0.2, 0.25) is 0 Å². The summed E-state index contributed by atoms with van der Waals surface area (Å²) in [6, 6.07) is 14.6. The van der Waals surface area contributed by atoms with E-state index >= 15 is 0 Å². The highest BCUT2D eigenvalue weighted by Gasteiger charge is 2.04. The molecule has 0 heterocycles. The monoisotopic (exact) mass is 210 g/mol. The maximum atomic E-state index is 9.74. The largest absolute Gasteiger partial charge is 0.507 e. The van der Waals surface area contributed by atoms with Crippen molar-refractivity contribution in [3.63, 3.8) is 0 Å². The van der Waals surface area contributed by atoms with Gasteiger partial charge < -0.3 is 10.2 Å². The van der Waals surface area contributed by atoms with Crippen molar-refractivity contribution >= 4 is 21.5 Å². The van der Waals surface area contributed by atoms with E-state index in [1.54, 1.807) is 12.1 Å². The molecular formula is C14H10O2. The Balaban J connectivity index is 2.55. The molecule has 0 aromatic heterocycles. The molecule has 2 N–H and O–H groups in total. The fraction of sp³-hybridized carbons (Fsp3) is 0. The van der Waals surface area contributed by atoms with E-state index in [-0.39, 0.29) is 11.5 Å². The van der Waals surface area contributed by atoms with E-state index in [1.807, 2.05) is 36.4 Å². The van der Waals surface area contributed by atoms with Gasteiger partial charge in [-0.1, -0.05) is 24.3 Å². The highest BCUT2D eigenvalue weighted by atomic mass is 16.3. The minimum atomic E-state index is 0.239. The number of rotatable bonds is 0. The molecule has 0 aliphatic carbocycles. The Hall–Kier alpha value is -2.22. The SMILES string of the molecule is Oc1cccc2cc3cccc(O)c3cc12. The minimum absolute atomic E-state index is 0.239. The van der Waals surface area contributed by atoms with Gasteiger partial charge in [-0.05, 0) is 35.0 Å². The van der Waals surface area contributed by atoms with Crippen LogP contribution in [0.25, 0.3) is 21.5 Å². The maximum absolute atomic E-state index is 9.74. The fourth-order valence-electron chi connectivity index (χ4n) is 2.02. The lowest BCUT2D eigenvalue weighted by atomic mass is 10.0. The zero-order valence-electron chi connectivity index (χ0n) is 8.51. The molecule has 0 radical (unpaired) electrons. The lowest BCUT2D eigenvalue weighted by molar-refractivity contribution is 0.481. The third kappa shape index (κ3) is 1.20. The Kier molecular flexibility index (Phi) is 1.77. The summed E-state index contributed by atoms with van der Waals surface area (Å²) in [5.41, 5.74) is 0. The van der Waals surface area contributed by atoms with E-state index in [4.69, 9.17) is 0 Å². The first kappa shape index (κ1) is 9.04. The standard InChI is InChI=1S/C14H10O2/c15-13-5-1-3-9-7-10-4-2-6-14(16)12(10)8-11(9)13/h1-8,15-16H. The van der Waals surface area contributed by atoms with Crippen molar-refractivity contribution < 1.29 is 10.2 Å². The highest BCUT2D eigenvalue weighted by molar-refractivity contribution is 6.02. The molecule has 2 nitrogen and oxygen atoms in total. The van der Waals surface area contributed by atoms with Crippen molar-refractivity contribution in [2.75, 3.05) is 0 Å². The Morgan fingerprint density at radius 1 is 0.625 bits per heavy atom. The molecule has 0 aliphatic heterocycles. The molecule has 0 amide bonds. The number of hydrogen-bond donors (Lipinski definition) is 2. The molecule has 0 atom stereocenters. The number of benzene rings is 3. The molecule has 0 fully saturated rings. The first-order valence-corrected chi connectivity index (χ1v) is 5.09. The van der Waals surface area contributed by atoms with Crippen LogP contribution < -0.4 is 0 Å². The normalized spacial score (nSPS) is 11.0. The van der Waals surface area contributed by atoms with Gasteiger partial charge in [0.25, 0.3) is 0 Å². The average Bonchev–Trinajstić information content (AvgIpc) is 2.28. The Morgan fingerprint density at radius 3 is 1.62 bits per heavy atom. The number of phenols is 2. The summed E-state index contributed by atoms with van der Waals surface area (Å²) >= 11 is 0. The summed E-state index contributed by atoms with van der Waals surface area (Å²) in [5, 5.41) is 22.9. The van der Waals surface area contributed by atoms with Gasteiger partial charge in [0, 0.05) is 10.8 Å². The fourth-order valence-corrected chi connectivity index (χ4v) is 2.02. The van der Waals surface area contributed by atoms with Crippen LogP contribution >= 0.6 is 0 Å².